The molecule has 21 heavy (non-hydrogen) atoms. The third-order valence-corrected chi connectivity index (χ3v) is 5.29. The Morgan fingerprint density at radius 2 is 2.05 bits per heavy atom. The van der Waals surface area contributed by atoms with Gasteiger partial charge in [-0.15, -0.1) is 4.40 Å². The molecular weight excluding hydrogens is 308 g/mol. The van der Waals surface area contributed by atoms with Crippen molar-refractivity contribution in [2.45, 2.75) is 11.4 Å². The molecule has 1 aliphatic rings. The van der Waals surface area contributed by atoms with Crippen LogP contribution in [0.2, 0.25) is 0 Å². The van der Waals surface area contributed by atoms with Crippen molar-refractivity contribution in [2.75, 3.05) is 13.2 Å². The number of sulfonamides is 1. The van der Waals surface area contributed by atoms with Gasteiger partial charge in [-0.3, -0.25) is 0 Å². The van der Waals surface area contributed by atoms with Gasteiger partial charge in [0.2, 0.25) is 0 Å². The summed E-state index contributed by atoms with van der Waals surface area (Å²) in [4.78, 5) is 2.03. The average molecular weight is 322 g/mol. The lowest BCUT2D eigenvalue weighted by molar-refractivity contribution is 0.247. The molecule has 2 heterocycles. The van der Waals surface area contributed by atoms with Gasteiger partial charge in [0.25, 0.3) is 10.0 Å². The number of rotatable bonds is 4. The summed E-state index contributed by atoms with van der Waals surface area (Å²) in [6.45, 7) is 0.788. The van der Waals surface area contributed by atoms with Crippen LogP contribution in [0.4, 0.5) is 0 Å². The van der Waals surface area contributed by atoms with E-state index in [1.54, 1.807) is 40.5 Å². The average Bonchev–Trinajstić information content (AvgIpc) is 3.06. The number of fused-ring (bicyclic) bond motifs is 1. The number of amidine groups is 1. The molecule has 1 aromatic carbocycles. The molecule has 0 fully saturated rings. The smallest absolute Gasteiger partial charge is 0.285 e. The first-order chi connectivity index (χ1) is 10.1. The minimum absolute atomic E-state index is 0.0641. The van der Waals surface area contributed by atoms with Gasteiger partial charge in [0, 0.05) is 18.7 Å². The zero-order valence-corrected chi connectivity index (χ0v) is 12.8. The van der Waals surface area contributed by atoms with Crippen LogP contribution in [-0.2, 0) is 16.6 Å². The molecule has 0 amide bonds. The predicted octanol–water partition coefficient (Wildman–Crippen LogP) is 1.69. The molecule has 0 saturated carbocycles. The number of thiophene rings is 1. The molecule has 2 aromatic rings. The van der Waals surface area contributed by atoms with Crippen LogP contribution < -0.4 is 0 Å². The third kappa shape index (κ3) is 2.72. The maximum atomic E-state index is 12.1. The van der Waals surface area contributed by atoms with E-state index in [1.807, 2.05) is 16.8 Å². The second-order valence-corrected chi connectivity index (χ2v) is 7.02. The Hall–Kier alpha value is -1.70. The van der Waals surface area contributed by atoms with E-state index in [9.17, 15) is 13.5 Å². The molecule has 7 heteroatoms. The quantitative estimate of drug-likeness (QED) is 0.930. The first-order valence-electron chi connectivity index (χ1n) is 6.43. The highest BCUT2D eigenvalue weighted by molar-refractivity contribution is 7.90. The summed E-state index contributed by atoms with van der Waals surface area (Å²) in [5.74, 6) is 0.408. The highest BCUT2D eigenvalue weighted by Crippen LogP contribution is 2.28. The minimum atomic E-state index is -3.63. The van der Waals surface area contributed by atoms with Crippen LogP contribution >= 0.6 is 11.3 Å². The van der Waals surface area contributed by atoms with Gasteiger partial charge in [-0.2, -0.15) is 19.8 Å². The fourth-order valence-corrected chi connectivity index (χ4v) is 4.19. The Bertz CT molecular complexity index is 767. The lowest BCUT2D eigenvalue weighted by Crippen LogP contribution is -2.32. The van der Waals surface area contributed by atoms with Crippen LogP contribution in [0.1, 0.15) is 11.1 Å². The Morgan fingerprint density at radius 1 is 1.24 bits per heavy atom. The SMILES string of the molecule is O=S1(=O)N=C(N(CCO)Cc2ccsc2)c2ccccc21. The first-order valence-corrected chi connectivity index (χ1v) is 8.81. The molecular formula is C14H14N2O3S2. The van der Waals surface area contributed by atoms with Crippen LogP contribution in [-0.4, -0.2) is 37.4 Å². The zero-order valence-electron chi connectivity index (χ0n) is 11.1. The molecule has 1 N–H and O–H groups in total. The zero-order chi connectivity index (χ0) is 14.9. The lowest BCUT2D eigenvalue weighted by atomic mass is 10.1. The standard InChI is InChI=1S/C14H14N2O3S2/c17-7-6-16(9-11-5-8-20-10-11)14-12-3-1-2-4-13(12)21(18,19)15-14/h1-5,8,10,17H,6-7,9H2. The maximum absolute atomic E-state index is 12.1. The highest BCUT2D eigenvalue weighted by atomic mass is 32.2. The molecule has 0 unspecified atom stereocenters. The fraction of sp³-hybridized carbons (Fsp3) is 0.214. The number of nitrogens with zero attached hydrogens (tertiary/aromatic N) is 2. The van der Waals surface area contributed by atoms with E-state index < -0.39 is 10.0 Å². The van der Waals surface area contributed by atoms with E-state index in [4.69, 9.17) is 0 Å². The second kappa shape index (κ2) is 5.59. The van der Waals surface area contributed by atoms with E-state index in [1.165, 1.54) is 0 Å². The maximum Gasteiger partial charge on any atom is 0.285 e. The van der Waals surface area contributed by atoms with Crippen molar-refractivity contribution in [2.24, 2.45) is 4.40 Å². The van der Waals surface area contributed by atoms with Crippen molar-refractivity contribution >= 4 is 27.2 Å². The number of benzene rings is 1. The molecule has 1 aromatic heterocycles. The predicted molar refractivity (Wildman–Crippen MR) is 82.0 cm³/mol. The molecule has 0 spiro atoms. The summed E-state index contributed by atoms with van der Waals surface area (Å²) in [5, 5.41) is 13.2. The van der Waals surface area contributed by atoms with Crippen molar-refractivity contribution in [3.63, 3.8) is 0 Å². The van der Waals surface area contributed by atoms with Crippen molar-refractivity contribution in [1.29, 1.82) is 0 Å². The summed E-state index contributed by atoms with van der Waals surface area (Å²) in [6, 6.07) is 8.76. The van der Waals surface area contributed by atoms with Crippen LogP contribution in [0, 0.1) is 0 Å². The van der Waals surface area contributed by atoms with Gasteiger partial charge >= 0.3 is 0 Å². The van der Waals surface area contributed by atoms with E-state index in [2.05, 4.69) is 4.40 Å². The largest absolute Gasteiger partial charge is 0.395 e. The molecule has 0 saturated heterocycles. The summed E-state index contributed by atoms with van der Waals surface area (Å²) >= 11 is 1.58. The molecule has 0 radical (unpaired) electrons. The van der Waals surface area contributed by atoms with Crippen molar-refractivity contribution < 1.29 is 13.5 Å². The minimum Gasteiger partial charge on any atom is -0.395 e. The van der Waals surface area contributed by atoms with Crippen molar-refractivity contribution in [1.82, 2.24) is 4.90 Å². The Morgan fingerprint density at radius 3 is 2.76 bits per heavy atom. The molecule has 0 bridgehead atoms. The van der Waals surface area contributed by atoms with Gasteiger partial charge in [-0.25, -0.2) is 0 Å². The second-order valence-electron chi connectivity index (χ2n) is 4.66. The number of hydrogen-bond donors (Lipinski definition) is 1. The highest BCUT2D eigenvalue weighted by Gasteiger charge is 2.31. The number of aliphatic hydroxyl groups is 1. The normalized spacial score (nSPS) is 15.6. The van der Waals surface area contributed by atoms with E-state index in [0.717, 1.165) is 5.56 Å². The van der Waals surface area contributed by atoms with Crippen LogP contribution in [0.3, 0.4) is 0 Å². The van der Waals surface area contributed by atoms with Gasteiger partial charge in [-0.1, -0.05) is 12.1 Å². The Balaban J connectivity index is 2.00. The van der Waals surface area contributed by atoms with Gasteiger partial charge in [0.05, 0.1) is 6.61 Å². The van der Waals surface area contributed by atoms with Gasteiger partial charge in [-0.05, 0) is 34.5 Å². The van der Waals surface area contributed by atoms with E-state index in [0.29, 0.717) is 24.5 Å². The van der Waals surface area contributed by atoms with Gasteiger partial charge < -0.3 is 10.0 Å². The molecule has 3 rings (SSSR count). The summed E-state index contributed by atoms with van der Waals surface area (Å²) in [5.41, 5.74) is 1.67. The molecule has 1 aliphatic heterocycles. The van der Waals surface area contributed by atoms with Gasteiger partial charge in [0.1, 0.15) is 4.90 Å². The monoisotopic (exact) mass is 322 g/mol. The lowest BCUT2D eigenvalue weighted by Gasteiger charge is -2.23. The van der Waals surface area contributed by atoms with Crippen molar-refractivity contribution in [3.8, 4) is 0 Å². The number of hydrogen-bond acceptors (Lipinski definition) is 5. The molecule has 0 atom stereocenters. The van der Waals surface area contributed by atoms with E-state index in [-0.39, 0.29) is 11.5 Å². The van der Waals surface area contributed by atoms with Crippen LogP contribution in [0.5, 0.6) is 0 Å². The molecule has 5 nitrogen and oxygen atoms in total. The third-order valence-electron chi connectivity index (χ3n) is 3.24. The van der Waals surface area contributed by atoms with Crippen LogP contribution in [0.15, 0.2) is 50.4 Å². The Labute approximate surface area is 127 Å². The summed E-state index contributed by atoms with van der Waals surface area (Å²) < 4.78 is 28.1. The van der Waals surface area contributed by atoms with Crippen LogP contribution in [0.25, 0.3) is 0 Å². The Kier molecular flexibility index (Phi) is 3.79. The first kappa shape index (κ1) is 14.2. The topological polar surface area (TPSA) is 70.0 Å². The summed E-state index contributed by atoms with van der Waals surface area (Å²) in [6.07, 6.45) is 0. The molecule has 110 valence electrons. The number of aliphatic hydroxyl groups excluding tert-OH is 1. The van der Waals surface area contributed by atoms with Crippen molar-refractivity contribution in [3.05, 3.63) is 52.2 Å². The van der Waals surface area contributed by atoms with Gasteiger partial charge in [0.15, 0.2) is 5.84 Å². The van der Waals surface area contributed by atoms with E-state index >= 15 is 0 Å². The molecule has 0 aliphatic carbocycles. The summed E-state index contributed by atoms with van der Waals surface area (Å²) in [7, 11) is -3.63. The fourth-order valence-electron chi connectivity index (χ4n) is 2.30.